The molecule has 0 unspecified atom stereocenters. The van der Waals surface area contributed by atoms with Gasteiger partial charge in [-0.05, 0) is 44.4 Å². The number of aromatic nitrogens is 1. The zero-order valence-corrected chi connectivity index (χ0v) is 12.0. The molecule has 1 aromatic heterocycles. The lowest BCUT2D eigenvalue weighted by Gasteiger charge is -2.16. The van der Waals surface area contributed by atoms with Crippen molar-refractivity contribution in [2.45, 2.75) is 27.7 Å². The second kappa shape index (κ2) is 4.65. The number of methoxy groups -OCH3 is 1. The molecule has 0 aliphatic rings. The average molecular weight is 266 g/mol. The van der Waals surface area contributed by atoms with Crippen molar-refractivity contribution < 1.29 is 9.26 Å². The summed E-state index contributed by atoms with van der Waals surface area (Å²) in [4.78, 5) is 0. The lowest BCUT2D eigenvalue weighted by molar-refractivity contribution is 0.402. The zero-order chi connectivity index (χ0) is 13.4. The van der Waals surface area contributed by atoms with Gasteiger partial charge in [0.2, 0.25) is 0 Å². The molecule has 2 rings (SSSR count). The Morgan fingerprint density at radius 2 is 1.78 bits per heavy atom. The first-order chi connectivity index (χ1) is 8.47. The Morgan fingerprint density at radius 3 is 2.28 bits per heavy atom. The van der Waals surface area contributed by atoms with Crippen molar-refractivity contribution in [1.82, 2.24) is 5.16 Å². The maximum atomic E-state index is 6.36. The van der Waals surface area contributed by atoms with E-state index in [2.05, 4.69) is 5.16 Å². The molecule has 0 bridgehead atoms. The van der Waals surface area contributed by atoms with E-state index in [4.69, 9.17) is 20.9 Å². The number of nitrogens with zero attached hydrogens (tertiary/aromatic N) is 1. The third-order valence-electron chi connectivity index (χ3n) is 3.24. The quantitative estimate of drug-likeness (QED) is 0.815. The molecular weight excluding hydrogens is 250 g/mol. The molecule has 0 saturated heterocycles. The first-order valence-electron chi connectivity index (χ1n) is 5.74. The molecule has 1 aromatic carbocycles. The minimum atomic E-state index is 0.687. The van der Waals surface area contributed by atoms with Crippen molar-refractivity contribution in [1.29, 1.82) is 0 Å². The average Bonchev–Trinajstić information content (AvgIpc) is 2.77. The highest BCUT2D eigenvalue weighted by Crippen LogP contribution is 2.42. The predicted molar refractivity (Wildman–Crippen MR) is 72.4 cm³/mol. The van der Waals surface area contributed by atoms with Gasteiger partial charge in [0.15, 0.2) is 5.76 Å². The summed E-state index contributed by atoms with van der Waals surface area (Å²) < 4.78 is 10.8. The molecule has 4 heteroatoms. The molecule has 0 radical (unpaired) electrons. The van der Waals surface area contributed by atoms with Gasteiger partial charge >= 0.3 is 0 Å². The van der Waals surface area contributed by atoms with Crippen LogP contribution in [0.25, 0.3) is 11.3 Å². The smallest absolute Gasteiger partial charge is 0.171 e. The number of rotatable bonds is 2. The highest BCUT2D eigenvalue weighted by atomic mass is 35.5. The van der Waals surface area contributed by atoms with Gasteiger partial charge in [0.05, 0.1) is 18.4 Å². The largest absolute Gasteiger partial charge is 0.496 e. The number of benzene rings is 1. The highest BCUT2D eigenvalue weighted by Gasteiger charge is 2.20. The van der Waals surface area contributed by atoms with Gasteiger partial charge in [-0.2, -0.15) is 0 Å². The predicted octanol–water partition coefficient (Wildman–Crippen LogP) is 4.24. The third kappa shape index (κ3) is 1.89. The lowest BCUT2D eigenvalue weighted by Crippen LogP contribution is -1.98. The number of hydrogen-bond acceptors (Lipinski definition) is 3. The van der Waals surface area contributed by atoms with Crippen LogP contribution in [-0.4, -0.2) is 12.3 Å². The van der Waals surface area contributed by atoms with Gasteiger partial charge in [-0.3, -0.25) is 0 Å². The summed E-state index contributed by atoms with van der Waals surface area (Å²) in [6, 6.07) is 1.88. The Labute approximate surface area is 112 Å². The van der Waals surface area contributed by atoms with Crippen LogP contribution in [-0.2, 0) is 0 Å². The Kier molecular flexibility index (Phi) is 3.35. The molecule has 2 aromatic rings. The summed E-state index contributed by atoms with van der Waals surface area (Å²) in [7, 11) is 1.65. The fourth-order valence-corrected chi connectivity index (χ4v) is 2.35. The van der Waals surface area contributed by atoms with Crippen molar-refractivity contribution in [3.63, 3.8) is 0 Å². The molecule has 96 valence electrons. The first-order valence-corrected chi connectivity index (χ1v) is 6.12. The summed E-state index contributed by atoms with van der Waals surface area (Å²) in [5.41, 5.74) is 4.72. The van der Waals surface area contributed by atoms with E-state index in [1.54, 1.807) is 7.11 Å². The number of aryl methyl sites for hydroxylation is 1. The molecule has 0 aliphatic carbocycles. The van der Waals surface area contributed by atoms with Gasteiger partial charge in [0.25, 0.3) is 0 Å². The monoisotopic (exact) mass is 265 g/mol. The van der Waals surface area contributed by atoms with Crippen LogP contribution in [0, 0.1) is 27.7 Å². The van der Waals surface area contributed by atoms with E-state index in [1.165, 1.54) is 0 Å². The second-order valence-corrected chi connectivity index (χ2v) is 4.81. The van der Waals surface area contributed by atoms with Crippen molar-refractivity contribution >= 4 is 11.6 Å². The molecule has 0 fully saturated rings. The Bertz CT molecular complexity index is 602. The zero-order valence-electron chi connectivity index (χ0n) is 11.2. The molecule has 1 heterocycles. The second-order valence-electron chi connectivity index (χ2n) is 4.43. The molecule has 0 spiro atoms. The van der Waals surface area contributed by atoms with E-state index in [0.29, 0.717) is 5.76 Å². The fourth-order valence-electron chi connectivity index (χ4n) is 2.12. The summed E-state index contributed by atoms with van der Waals surface area (Å²) >= 11 is 6.36. The third-order valence-corrected chi connectivity index (χ3v) is 3.81. The minimum Gasteiger partial charge on any atom is -0.496 e. The normalized spacial score (nSPS) is 10.8. The van der Waals surface area contributed by atoms with E-state index in [-0.39, 0.29) is 0 Å². The summed E-state index contributed by atoms with van der Waals surface area (Å²) in [5.74, 6) is 1.48. The summed E-state index contributed by atoms with van der Waals surface area (Å²) in [6.45, 7) is 7.83. The van der Waals surface area contributed by atoms with E-state index in [9.17, 15) is 0 Å². The molecule has 18 heavy (non-hydrogen) atoms. The summed E-state index contributed by atoms with van der Waals surface area (Å²) in [5, 5.41) is 4.67. The van der Waals surface area contributed by atoms with Crippen LogP contribution in [0.5, 0.6) is 5.75 Å². The number of ether oxygens (including phenoxy) is 1. The number of hydrogen-bond donors (Lipinski definition) is 0. The van der Waals surface area contributed by atoms with Gasteiger partial charge in [-0.25, -0.2) is 0 Å². The Morgan fingerprint density at radius 1 is 1.11 bits per heavy atom. The van der Waals surface area contributed by atoms with Crippen LogP contribution in [0.15, 0.2) is 10.6 Å². The van der Waals surface area contributed by atoms with Crippen LogP contribution in [0.2, 0.25) is 5.02 Å². The van der Waals surface area contributed by atoms with Crippen LogP contribution < -0.4 is 4.74 Å². The molecular formula is C14H16ClNO2. The molecule has 0 atom stereocenters. The van der Waals surface area contributed by atoms with E-state index < -0.39 is 0 Å². The lowest BCUT2D eigenvalue weighted by atomic mass is 9.97. The molecule has 0 N–H and O–H groups in total. The van der Waals surface area contributed by atoms with E-state index in [0.717, 1.165) is 38.7 Å². The van der Waals surface area contributed by atoms with Gasteiger partial charge in [0.1, 0.15) is 5.75 Å². The van der Waals surface area contributed by atoms with Crippen molar-refractivity contribution in [3.8, 4) is 17.1 Å². The highest BCUT2D eigenvalue weighted by molar-refractivity contribution is 6.32. The van der Waals surface area contributed by atoms with Crippen molar-refractivity contribution in [3.05, 3.63) is 33.5 Å². The van der Waals surface area contributed by atoms with Crippen LogP contribution >= 0.6 is 11.6 Å². The Balaban J connectivity index is 2.81. The molecule has 0 amide bonds. The standard InChI is InChI=1S/C14H16ClNO2/c1-7-6-11(18-16-7)12-10(4)13(15)8(2)9(3)14(12)17-5/h6H,1-5H3. The fraction of sp³-hybridized carbons (Fsp3) is 0.357. The summed E-state index contributed by atoms with van der Waals surface area (Å²) in [6.07, 6.45) is 0. The number of halogens is 1. The van der Waals surface area contributed by atoms with Gasteiger partial charge < -0.3 is 9.26 Å². The van der Waals surface area contributed by atoms with Gasteiger partial charge in [-0.1, -0.05) is 16.8 Å². The van der Waals surface area contributed by atoms with Crippen molar-refractivity contribution in [2.75, 3.05) is 7.11 Å². The van der Waals surface area contributed by atoms with Crippen LogP contribution in [0.1, 0.15) is 22.4 Å². The van der Waals surface area contributed by atoms with Crippen LogP contribution in [0.3, 0.4) is 0 Å². The maximum Gasteiger partial charge on any atom is 0.171 e. The van der Waals surface area contributed by atoms with Crippen molar-refractivity contribution in [2.24, 2.45) is 0 Å². The Hall–Kier alpha value is -1.48. The van der Waals surface area contributed by atoms with Gasteiger partial charge in [0, 0.05) is 11.1 Å². The SMILES string of the molecule is COc1c(C)c(C)c(Cl)c(C)c1-c1cc(C)no1. The molecule has 0 aliphatic heterocycles. The van der Waals surface area contributed by atoms with E-state index in [1.807, 2.05) is 33.8 Å². The molecule has 3 nitrogen and oxygen atoms in total. The van der Waals surface area contributed by atoms with Crippen LogP contribution in [0.4, 0.5) is 0 Å². The first kappa shape index (κ1) is 13.0. The minimum absolute atomic E-state index is 0.687. The topological polar surface area (TPSA) is 35.3 Å². The molecule has 0 saturated carbocycles. The maximum absolute atomic E-state index is 6.36. The van der Waals surface area contributed by atoms with Gasteiger partial charge in [-0.15, -0.1) is 0 Å². The van der Waals surface area contributed by atoms with E-state index >= 15 is 0 Å².